The lowest BCUT2D eigenvalue weighted by Crippen LogP contribution is -2.15. The summed E-state index contributed by atoms with van der Waals surface area (Å²) in [6.07, 6.45) is 2.66. The Kier molecular flexibility index (Phi) is 3.15. The number of nitrogens with zero attached hydrogens (tertiary/aromatic N) is 2. The topological polar surface area (TPSA) is 67.0 Å². The molecule has 0 radical (unpaired) electrons. The van der Waals surface area contributed by atoms with Crippen molar-refractivity contribution in [1.82, 2.24) is 4.57 Å². The number of anilines is 1. The van der Waals surface area contributed by atoms with Gasteiger partial charge in [0.15, 0.2) is 0 Å². The number of carbonyl (C=O) groups excluding carboxylic acids is 1. The van der Waals surface area contributed by atoms with Gasteiger partial charge in [-0.2, -0.15) is 5.26 Å². The van der Waals surface area contributed by atoms with Crippen LogP contribution in [0.1, 0.15) is 28.5 Å². The molecule has 3 rings (SSSR count). The Hall–Kier alpha value is -2.74. The Morgan fingerprint density at radius 1 is 1.48 bits per heavy atom. The third kappa shape index (κ3) is 2.48. The second-order valence-corrected chi connectivity index (χ2v) is 5.25. The summed E-state index contributed by atoms with van der Waals surface area (Å²) in [4.78, 5) is 12.3. The molecule has 1 N–H and O–H groups in total. The van der Waals surface area contributed by atoms with Gasteiger partial charge < -0.3 is 14.6 Å². The molecule has 0 aliphatic carbocycles. The summed E-state index contributed by atoms with van der Waals surface area (Å²) >= 11 is 0. The largest absolute Gasteiger partial charge is 0.490 e. The Bertz CT molecular complexity index is 755. The maximum atomic E-state index is 12.3. The van der Waals surface area contributed by atoms with Gasteiger partial charge in [-0.1, -0.05) is 0 Å². The number of nitriles is 1. The first kappa shape index (κ1) is 13.3. The first-order chi connectivity index (χ1) is 10.1. The van der Waals surface area contributed by atoms with E-state index in [1.807, 2.05) is 31.2 Å². The summed E-state index contributed by atoms with van der Waals surface area (Å²) in [6.45, 7) is 2.02. The average Bonchev–Trinajstić information content (AvgIpc) is 3.00. The van der Waals surface area contributed by atoms with Gasteiger partial charge in [0.05, 0.1) is 5.56 Å². The fourth-order valence-corrected chi connectivity index (χ4v) is 2.55. The van der Waals surface area contributed by atoms with Crippen LogP contribution in [-0.2, 0) is 13.5 Å². The molecule has 0 unspecified atom stereocenters. The normalized spacial score (nSPS) is 16.0. The third-order valence-electron chi connectivity index (χ3n) is 3.52. The third-order valence-corrected chi connectivity index (χ3v) is 3.52. The molecular weight excluding hydrogens is 266 g/mol. The van der Waals surface area contributed by atoms with Crippen molar-refractivity contribution in [3.63, 3.8) is 0 Å². The molecule has 1 aliphatic rings. The molecule has 21 heavy (non-hydrogen) atoms. The molecule has 1 amide bonds. The number of fused-ring (bicyclic) bond motifs is 1. The van der Waals surface area contributed by atoms with Crippen molar-refractivity contribution in [2.45, 2.75) is 19.4 Å². The van der Waals surface area contributed by atoms with E-state index in [0.717, 1.165) is 23.4 Å². The van der Waals surface area contributed by atoms with E-state index in [1.165, 1.54) is 0 Å². The predicted octanol–water partition coefficient (Wildman–Crippen LogP) is 2.47. The number of aryl methyl sites for hydroxylation is 1. The summed E-state index contributed by atoms with van der Waals surface area (Å²) in [7, 11) is 1.74. The molecule has 1 aromatic heterocycles. The van der Waals surface area contributed by atoms with Crippen molar-refractivity contribution in [2.75, 3.05) is 5.32 Å². The van der Waals surface area contributed by atoms with E-state index in [4.69, 9.17) is 10.00 Å². The van der Waals surface area contributed by atoms with Crippen molar-refractivity contribution >= 4 is 11.6 Å². The highest BCUT2D eigenvalue weighted by Crippen LogP contribution is 2.31. The smallest absolute Gasteiger partial charge is 0.272 e. The van der Waals surface area contributed by atoms with Crippen LogP contribution in [0.15, 0.2) is 30.5 Å². The minimum Gasteiger partial charge on any atom is -0.490 e. The summed E-state index contributed by atoms with van der Waals surface area (Å²) in [5, 5.41) is 11.7. The van der Waals surface area contributed by atoms with E-state index in [-0.39, 0.29) is 12.0 Å². The van der Waals surface area contributed by atoms with E-state index >= 15 is 0 Å². The zero-order valence-corrected chi connectivity index (χ0v) is 11.9. The van der Waals surface area contributed by atoms with Crippen molar-refractivity contribution in [3.8, 4) is 11.8 Å². The molecular formula is C16H15N3O2. The van der Waals surface area contributed by atoms with E-state index in [0.29, 0.717) is 11.3 Å². The summed E-state index contributed by atoms with van der Waals surface area (Å²) < 4.78 is 7.28. The van der Waals surface area contributed by atoms with Crippen LogP contribution in [0.3, 0.4) is 0 Å². The maximum absolute atomic E-state index is 12.3. The lowest BCUT2D eigenvalue weighted by Gasteiger charge is -2.07. The molecule has 1 atom stereocenters. The van der Waals surface area contributed by atoms with Gasteiger partial charge in [-0.15, -0.1) is 0 Å². The highest BCUT2D eigenvalue weighted by Gasteiger charge is 2.20. The highest BCUT2D eigenvalue weighted by molar-refractivity contribution is 6.03. The van der Waals surface area contributed by atoms with Crippen molar-refractivity contribution in [1.29, 1.82) is 5.26 Å². The molecule has 0 fully saturated rings. The van der Waals surface area contributed by atoms with Crippen LogP contribution in [0.25, 0.3) is 0 Å². The molecule has 5 heteroatoms. The lowest BCUT2D eigenvalue weighted by atomic mass is 10.1. The molecule has 106 valence electrons. The van der Waals surface area contributed by atoms with Gasteiger partial charge in [0, 0.05) is 25.4 Å². The number of benzene rings is 1. The Labute approximate surface area is 122 Å². The zero-order chi connectivity index (χ0) is 15.0. The number of amides is 1. The van der Waals surface area contributed by atoms with Crippen LogP contribution in [-0.4, -0.2) is 16.6 Å². The molecule has 0 spiro atoms. The van der Waals surface area contributed by atoms with Gasteiger partial charge >= 0.3 is 0 Å². The predicted molar refractivity (Wildman–Crippen MR) is 78.3 cm³/mol. The number of aromatic nitrogens is 1. The van der Waals surface area contributed by atoms with Crippen LogP contribution in [0.5, 0.6) is 5.75 Å². The van der Waals surface area contributed by atoms with Crippen molar-refractivity contribution in [3.05, 3.63) is 47.3 Å². The number of carbonyl (C=O) groups is 1. The van der Waals surface area contributed by atoms with E-state index < -0.39 is 0 Å². The standard InChI is InChI=1S/C16H15N3O2/c1-10-5-12-7-13(3-4-15(12)21-10)18-16(20)14-6-11(8-17)9-19(14)2/h3-4,6-7,9-10H,5H2,1-2H3,(H,18,20)/t10-/m0/s1. The van der Waals surface area contributed by atoms with Gasteiger partial charge in [-0.25, -0.2) is 0 Å². The molecule has 1 aliphatic heterocycles. The SMILES string of the molecule is C[C@H]1Cc2cc(NC(=O)c3cc(C#N)cn3C)ccc2O1. The minimum absolute atomic E-state index is 0.178. The van der Waals surface area contributed by atoms with Crippen molar-refractivity contribution < 1.29 is 9.53 Å². The highest BCUT2D eigenvalue weighted by atomic mass is 16.5. The fraction of sp³-hybridized carbons (Fsp3) is 0.250. The first-order valence-electron chi connectivity index (χ1n) is 6.74. The first-order valence-corrected chi connectivity index (χ1v) is 6.74. The monoisotopic (exact) mass is 281 g/mol. The summed E-state index contributed by atoms with van der Waals surface area (Å²) in [6, 6.07) is 9.24. The average molecular weight is 281 g/mol. The van der Waals surface area contributed by atoms with E-state index in [9.17, 15) is 4.79 Å². The lowest BCUT2D eigenvalue weighted by molar-refractivity contribution is 0.101. The van der Waals surface area contributed by atoms with Gasteiger partial charge in [-0.05, 0) is 36.8 Å². The molecule has 0 bridgehead atoms. The number of hydrogen-bond acceptors (Lipinski definition) is 3. The van der Waals surface area contributed by atoms with E-state index in [2.05, 4.69) is 5.32 Å². The zero-order valence-electron chi connectivity index (χ0n) is 11.9. The Morgan fingerprint density at radius 3 is 3.00 bits per heavy atom. The molecule has 1 aromatic carbocycles. The summed E-state index contributed by atoms with van der Waals surface area (Å²) in [5.41, 5.74) is 2.76. The molecule has 2 aromatic rings. The molecule has 0 saturated heterocycles. The van der Waals surface area contributed by atoms with Crippen LogP contribution in [0.2, 0.25) is 0 Å². The maximum Gasteiger partial charge on any atom is 0.272 e. The van der Waals surface area contributed by atoms with Gasteiger partial charge in [0.2, 0.25) is 0 Å². The fourth-order valence-electron chi connectivity index (χ4n) is 2.55. The van der Waals surface area contributed by atoms with Gasteiger partial charge in [0.1, 0.15) is 23.6 Å². The second kappa shape index (κ2) is 4.98. The van der Waals surface area contributed by atoms with Crippen LogP contribution in [0, 0.1) is 11.3 Å². The van der Waals surface area contributed by atoms with E-state index in [1.54, 1.807) is 23.9 Å². The number of rotatable bonds is 2. The summed E-state index contributed by atoms with van der Waals surface area (Å²) in [5.74, 6) is 0.650. The second-order valence-electron chi connectivity index (χ2n) is 5.25. The molecule has 5 nitrogen and oxygen atoms in total. The van der Waals surface area contributed by atoms with Crippen LogP contribution >= 0.6 is 0 Å². The van der Waals surface area contributed by atoms with Crippen LogP contribution < -0.4 is 10.1 Å². The number of ether oxygens (including phenoxy) is 1. The van der Waals surface area contributed by atoms with Gasteiger partial charge in [0.25, 0.3) is 5.91 Å². The minimum atomic E-state index is -0.231. The Balaban J connectivity index is 1.81. The number of hydrogen-bond donors (Lipinski definition) is 1. The molecule has 0 saturated carbocycles. The quantitative estimate of drug-likeness (QED) is 0.919. The Morgan fingerprint density at radius 2 is 2.29 bits per heavy atom. The number of nitrogens with one attached hydrogen (secondary N) is 1. The van der Waals surface area contributed by atoms with Crippen molar-refractivity contribution in [2.24, 2.45) is 7.05 Å². The molecule has 2 heterocycles. The van der Waals surface area contributed by atoms with Crippen LogP contribution in [0.4, 0.5) is 5.69 Å². The van der Waals surface area contributed by atoms with Gasteiger partial charge in [-0.3, -0.25) is 4.79 Å².